The summed E-state index contributed by atoms with van der Waals surface area (Å²) in [6.07, 6.45) is 4.56. The minimum atomic E-state index is 0.0975. The van der Waals surface area contributed by atoms with Crippen LogP contribution in [0, 0.1) is 6.92 Å². The maximum atomic E-state index is 12.8. The molecule has 3 aromatic rings. The molecule has 1 fully saturated rings. The zero-order valence-electron chi connectivity index (χ0n) is 15.4. The van der Waals surface area contributed by atoms with Crippen molar-refractivity contribution in [2.45, 2.75) is 39.2 Å². The molecule has 1 aliphatic heterocycles. The third-order valence-corrected chi connectivity index (χ3v) is 5.34. The fourth-order valence-corrected chi connectivity index (χ4v) is 3.96. The van der Waals surface area contributed by atoms with Gasteiger partial charge in [-0.05, 0) is 44.0 Å². The van der Waals surface area contributed by atoms with Crippen molar-refractivity contribution in [3.63, 3.8) is 0 Å². The van der Waals surface area contributed by atoms with Gasteiger partial charge in [-0.1, -0.05) is 19.1 Å². The van der Waals surface area contributed by atoms with Crippen LogP contribution in [0.4, 0.5) is 0 Å². The number of piperidine rings is 1. The zero-order chi connectivity index (χ0) is 18.1. The molecule has 1 saturated heterocycles. The number of fused-ring (bicyclic) bond motifs is 1. The summed E-state index contributed by atoms with van der Waals surface area (Å²) >= 11 is 0. The van der Waals surface area contributed by atoms with E-state index in [1.807, 2.05) is 30.0 Å². The van der Waals surface area contributed by atoms with Crippen molar-refractivity contribution in [1.29, 1.82) is 0 Å². The van der Waals surface area contributed by atoms with Gasteiger partial charge in [-0.25, -0.2) is 4.98 Å². The number of para-hydroxylation sites is 2. The number of carbonyl (C=O) groups is 1. The molecule has 0 aliphatic carbocycles. The summed E-state index contributed by atoms with van der Waals surface area (Å²) in [4.78, 5) is 23.8. The Morgan fingerprint density at radius 3 is 2.65 bits per heavy atom. The van der Waals surface area contributed by atoms with Crippen molar-refractivity contribution in [3.05, 3.63) is 59.7 Å². The molecule has 5 heteroatoms. The van der Waals surface area contributed by atoms with Gasteiger partial charge in [0.15, 0.2) is 0 Å². The van der Waals surface area contributed by atoms with Crippen molar-refractivity contribution in [1.82, 2.24) is 19.4 Å². The van der Waals surface area contributed by atoms with E-state index in [2.05, 4.69) is 34.7 Å². The topological polar surface area (TPSA) is 51.0 Å². The Labute approximate surface area is 153 Å². The van der Waals surface area contributed by atoms with E-state index in [0.717, 1.165) is 49.4 Å². The second kappa shape index (κ2) is 6.90. The third-order valence-electron chi connectivity index (χ3n) is 5.34. The Kier molecular flexibility index (Phi) is 4.45. The number of benzene rings is 1. The van der Waals surface area contributed by atoms with Gasteiger partial charge in [0.05, 0.1) is 16.6 Å². The molecule has 0 radical (unpaired) electrons. The summed E-state index contributed by atoms with van der Waals surface area (Å²) in [5.41, 5.74) is 3.79. The predicted octanol–water partition coefficient (Wildman–Crippen LogP) is 3.78. The number of hydrogen-bond donors (Lipinski definition) is 0. The van der Waals surface area contributed by atoms with Crippen molar-refractivity contribution >= 4 is 16.9 Å². The molecule has 0 saturated carbocycles. The molecule has 5 nitrogen and oxygen atoms in total. The number of aromatic nitrogens is 3. The normalized spacial score (nSPS) is 15.5. The van der Waals surface area contributed by atoms with E-state index in [0.29, 0.717) is 11.6 Å². The van der Waals surface area contributed by atoms with E-state index in [-0.39, 0.29) is 5.91 Å². The first kappa shape index (κ1) is 16.8. The van der Waals surface area contributed by atoms with Gasteiger partial charge >= 0.3 is 0 Å². The van der Waals surface area contributed by atoms with Gasteiger partial charge in [-0.3, -0.25) is 9.78 Å². The van der Waals surface area contributed by atoms with Crippen molar-refractivity contribution in [3.8, 4) is 0 Å². The molecule has 0 bridgehead atoms. The lowest BCUT2D eigenvalue weighted by molar-refractivity contribution is 0.0694. The van der Waals surface area contributed by atoms with Crippen molar-refractivity contribution in [2.24, 2.45) is 0 Å². The molecule has 4 rings (SSSR count). The highest BCUT2D eigenvalue weighted by molar-refractivity contribution is 5.95. The maximum absolute atomic E-state index is 12.8. The lowest BCUT2D eigenvalue weighted by Gasteiger charge is -2.33. The molecule has 134 valence electrons. The Balaban J connectivity index is 1.54. The molecule has 0 spiro atoms. The summed E-state index contributed by atoms with van der Waals surface area (Å²) in [6, 6.07) is 12.4. The summed E-state index contributed by atoms with van der Waals surface area (Å²) < 4.78 is 2.40. The Morgan fingerprint density at radius 2 is 1.92 bits per heavy atom. The minimum Gasteiger partial charge on any atom is -0.338 e. The zero-order valence-corrected chi connectivity index (χ0v) is 15.4. The van der Waals surface area contributed by atoms with Crippen molar-refractivity contribution in [2.75, 3.05) is 13.1 Å². The third kappa shape index (κ3) is 2.87. The van der Waals surface area contributed by atoms with Crippen LogP contribution in [0.1, 0.15) is 47.7 Å². The van der Waals surface area contributed by atoms with E-state index in [1.54, 1.807) is 6.20 Å². The van der Waals surface area contributed by atoms with Crippen molar-refractivity contribution < 1.29 is 4.79 Å². The number of hydrogen-bond acceptors (Lipinski definition) is 3. The Morgan fingerprint density at radius 1 is 1.15 bits per heavy atom. The summed E-state index contributed by atoms with van der Waals surface area (Å²) in [7, 11) is 0. The Hall–Kier alpha value is -2.69. The van der Waals surface area contributed by atoms with E-state index < -0.39 is 0 Å². The van der Waals surface area contributed by atoms with E-state index in [9.17, 15) is 4.79 Å². The molecule has 1 aromatic carbocycles. The van der Waals surface area contributed by atoms with E-state index in [1.165, 1.54) is 5.52 Å². The van der Waals surface area contributed by atoms with Crippen LogP contribution in [0.5, 0.6) is 0 Å². The second-order valence-corrected chi connectivity index (χ2v) is 6.90. The predicted molar refractivity (Wildman–Crippen MR) is 102 cm³/mol. The molecule has 1 aliphatic rings. The number of nitrogens with zero attached hydrogens (tertiary/aromatic N) is 4. The number of rotatable bonds is 3. The lowest BCUT2D eigenvalue weighted by atomic mass is 10.0. The van der Waals surface area contributed by atoms with Gasteiger partial charge in [0.1, 0.15) is 5.82 Å². The molecule has 1 amide bonds. The van der Waals surface area contributed by atoms with E-state index in [4.69, 9.17) is 4.98 Å². The van der Waals surface area contributed by atoms with Crippen LogP contribution in [0.15, 0.2) is 42.6 Å². The van der Waals surface area contributed by atoms with Crippen LogP contribution in [0.25, 0.3) is 11.0 Å². The number of carbonyl (C=O) groups excluding carboxylic acids is 1. The molecule has 26 heavy (non-hydrogen) atoms. The number of amides is 1. The summed E-state index contributed by atoms with van der Waals surface area (Å²) in [5, 5.41) is 0. The van der Waals surface area contributed by atoms with Gasteiger partial charge < -0.3 is 9.47 Å². The van der Waals surface area contributed by atoms with Crippen LogP contribution in [-0.2, 0) is 6.42 Å². The van der Waals surface area contributed by atoms with Gasteiger partial charge in [0, 0.05) is 37.4 Å². The number of likely N-dealkylation sites (tertiary alicyclic amines) is 1. The standard InChI is InChI=1S/C21H24N4O/c1-3-20-23-18-8-4-5-9-19(18)25(20)16-10-13-24(14-11-16)21(26)17-7-6-12-22-15(17)2/h4-9,12,16H,3,10-11,13-14H2,1-2H3. The van der Waals surface area contributed by atoms with Crippen LogP contribution in [0.2, 0.25) is 0 Å². The fraction of sp³-hybridized carbons (Fsp3) is 0.381. The van der Waals surface area contributed by atoms with Crippen LogP contribution in [-0.4, -0.2) is 38.4 Å². The van der Waals surface area contributed by atoms with Crippen LogP contribution >= 0.6 is 0 Å². The number of aryl methyl sites for hydroxylation is 2. The number of imidazole rings is 1. The highest BCUT2D eigenvalue weighted by atomic mass is 16.2. The molecule has 0 unspecified atom stereocenters. The monoisotopic (exact) mass is 348 g/mol. The quantitative estimate of drug-likeness (QED) is 0.724. The van der Waals surface area contributed by atoms with Gasteiger partial charge in [-0.2, -0.15) is 0 Å². The average Bonchev–Trinajstić information content (AvgIpc) is 3.06. The Bertz CT molecular complexity index is 938. The molecule has 2 aromatic heterocycles. The minimum absolute atomic E-state index is 0.0975. The second-order valence-electron chi connectivity index (χ2n) is 6.90. The molecular weight excluding hydrogens is 324 g/mol. The van der Waals surface area contributed by atoms with Gasteiger partial charge in [-0.15, -0.1) is 0 Å². The molecular formula is C21H24N4O. The fourth-order valence-electron chi connectivity index (χ4n) is 3.96. The summed E-state index contributed by atoms with van der Waals surface area (Å²) in [5.74, 6) is 1.24. The smallest absolute Gasteiger partial charge is 0.255 e. The van der Waals surface area contributed by atoms with Crippen LogP contribution < -0.4 is 0 Å². The SMILES string of the molecule is CCc1nc2ccccc2n1C1CCN(C(=O)c2cccnc2C)CC1. The summed E-state index contributed by atoms with van der Waals surface area (Å²) in [6.45, 7) is 5.59. The average molecular weight is 348 g/mol. The van der Waals surface area contributed by atoms with E-state index >= 15 is 0 Å². The number of pyridine rings is 1. The highest BCUT2D eigenvalue weighted by Gasteiger charge is 2.27. The molecule has 3 heterocycles. The highest BCUT2D eigenvalue weighted by Crippen LogP contribution is 2.29. The first-order chi connectivity index (χ1) is 12.7. The molecule has 0 N–H and O–H groups in total. The first-order valence-electron chi connectivity index (χ1n) is 9.35. The van der Waals surface area contributed by atoms with Crippen LogP contribution in [0.3, 0.4) is 0 Å². The first-order valence-corrected chi connectivity index (χ1v) is 9.35. The largest absolute Gasteiger partial charge is 0.338 e. The molecule has 0 atom stereocenters. The van der Waals surface area contributed by atoms with Gasteiger partial charge in [0.25, 0.3) is 5.91 Å². The maximum Gasteiger partial charge on any atom is 0.255 e. The lowest BCUT2D eigenvalue weighted by Crippen LogP contribution is -2.39. The van der Waals surface area contributed by atoms with Gasteiger partial charge in [0.2, 0.25) is 0 Å².